The van der Waals surface area contributed by atoms with Crippen LogP contribution in [0.15, 0.2) is 73.1 Å². The van der Waals surface area contributed by atoms with Crippen LogP contribution in [-0.4, -0.2) is 76.9 Å². The molecule has 1 aliphatic heterocycles. The predicted octanol–water partition coefficient (Wildman–Crippen LogP) is 4.60. The fourth-order valence-electron chi connectivity index (χ4n) is 5.73. The van der Waals surface area contributed by atoms with Crippen LogP contribution in [0.3, 0.4) is 0 Å². The van der Waals surface area contributed by atoms with E-state index in [2.05, 4.69) is 25.9 Å². The first kappa shape index (κ1) is 33.7. The predicted molar refractivity (Wildman–Crippen MR) is 178 cm³/mol. The van der Waals surface area contributed by atoms with Gasteiger partial charge in [0, 0.05) is 29.6 Å². The quantitative estimate of drug-likeness (QED) is 0.164. The van der Waals surface area contributed by atoms with E-state index >= 15 is 4.39 Å². The Hall–Kier alpha value is -6.22. The maximum atomic E-state index is 15.3. The minimum atomic E-state index is -1.18. The maximum Gasteiger partial charge on any atom is 0.358 e. The molecule has 1 aliphatic rings. The summed E-state index contributed by atoms with van der Waals surface area (Å²) in [4.78, 5) is 53.2. The molecule has 0 fully saturated rings. The van der Waals surface area contributed by atoms with Gasteiger partial charge in [0.1, 0.15) is 12.4 Å². The van der Waals surface area contributed by atoms with Gasteiger partial charge in [0.25, 0.3) is 5.91 Å². The average molecular weight is 699 g/mol. The van der Waals surface area contributed by atoms with E-state index in [0.717, 1.165) is 6.08 Å². The van der Waals surface area contributed by atoms with Gasteiger partial charge in [0.2, 0.25) is 5.91 Å². The molecular formula is C34H28ClFN8O6. The highest BCUT2D eigenvalue weighted by Gasteiger charge is 2.37. The molecule has 3 aromatic carbocycles. The number of hydrogen-bond acceptors (Lipinski definition) is 9. The lowest BCUT2D eigenvalue weighted by molar-refractivity contribution is -0.135. The van der Waals surface area contributed by atoms with Gasteiger partial charge in [0.05, 0.1) is 28.6 Å². The molecule has 2 amide bonds. The molecule has 5 aromatic rings. The summed E-state index contributed by atoms with van der Waals surface area (Å²) >= 11 is 6.06. The highest BCUT2D eigenvalue weighted by molar-refractivity contribution is 6.31. The number of carboxylic acid groups (broad SMARTS) is 1. The number of rotatable bonds is 9. The third kappa shape index (κ3) is 6.58. The van der Waals surface area contributed by atoms with E-state index in [0.29, 0.717) is 34.6 Å². The van der Waals surface area contributed by atoms with Crippen LogP contribution in [0.4, 0.5) is 10.1 Å². The van der Waals surface area contributed by atoms with Crippen molar-refractivity contribution in [2.75, 3.05) is 18.5 Å². The number of fused-ring (bicyclic) bond motifs is 1. The number of aromatic nitrogens is 6. The van der Waals surface area contributed by atoms with E-state index < -0.39 is 35.6 Å². The van der Waals surface area contributed by atoms with Crippen LogP contribution >= 0.6 is 11.6 Å². The van der Waals surface area contributed by atoms with Gasteiger partial charge in [-0.2, -0.15) is 9.78 Å². The smallest absolute Gasteiger partial charge is 0.358 e. The second-order valence-electron chi connectivity index (χ2n) is 11.1. The Morgan fingerprint density at radius 3 is 2.58 bits per heavy atom. The van der Waals surface area contributed by atoms with Crippen molar-refractivity contribution in [1.82, 2.24) is 34.9 Å². The number of carbonyl (C=O) groups is 4. The highest BCUT2D eigenvalue weighted by Crippen LogP contribution is 2.35. The molecule has 0 radical (unpaired) electrons. The molecular weight excluding hydrogens is 671 g/mol. The van der Waals surface area contributed by atoms with Gasteiger partial charge in [0.15, 0.2) is 11.5 Å². The average Bonchev–Trinajstić information content (AvgIpc) is 3.78. The third-order valence-electron chi connectivity index (χ3n) is 8.03. The van der Waals surface area contributed by atoms with Crippen LogP contribution in [0.1, 0.15) is 56.2 Å². The van der Waals surface area contributed by atoms with E-state index in [9.17, 15) is 24.3 Å². The van der Waals surface area contributed by atoms with E-state index in [1.807, 2.05) is 0 Å². The molecule has 254 valence electrons. The third-order valence-corrected chi connectivity index (χ3v) is 8.32. The minimum Gasteiger partial charge on any atom is -0.478 e. The summed E-state index contributed by atoms with van der Waals surface area (Å²) in [7, 11) is 0. The Balaban J connectivity index is 1.39. The Kier molecular flexibility index (Phi) is 9.49. The lowest BCUT2D eigenvalue weighted by Gasteiger charge is -2.36. The number of benzene rings is 3. The van der Waals surface area contributed by atoms with Crippen LogP contribution < -0.4 is 5.32 Å². The standard InChI is InChI=1S/C34H28ClFN8O6/c1-3-50-34(49)26-17-19(2)44(39-26)28-6-4-5-23-22(28)15-16-42(31(23)32(46)38-21-9-7-20(8-10-21)33(47)48)29(45)14-11-24-27(43-18-37-40-41-43)13-12-25(35)30(24)36/h4-14,17-18,31H,3,15-16H2,1-2H3,(H,38,46)(H,47,48). The zero-order valence-corrected chi connectivity index (χ0v) is 27.3. The van der Waals surface area contributed by atoms with Crippen molar-refractivity contribution >= 4 is 47.1 Å². The summed E-state index contributed by atoms with van der Waals surface area (Å²) in [6.07, 6.45) is 3.96. The first-order chi connectivity index (χ1) is 24.1. The summed E-state index contributed by atoms with van der Waals surface area (Å²) < 4.78 is 23.2. The summed E-state index contributed by atoms with van der Waals surface area (Å²) in [5.74, 6) is -3.69. The molecule has 1 unspecified atom stereocenters. The number of aromatic carboxylic acids is 1. The van der Waals surface area contributed by atoms with Crippen molar-refractivity contribution in [2.45, 2.75) is 26.3 Å². The fraction of sp³-hybridized carbons (Fsp3) is 0.176. The molecule has 1 atom stereocenters. The second-order valence-corrected chi connectivity index (χ2v) is 11.5. The van der Waals surface area contributed by atoms with Crippen molar-refractivity contribution in [3.63, 3.8) is 0 Å². The number of hydrogen-bond donors (Lipinski definition) is 2. The van der Waals surface area contributed by atoms with Crippen molar-refractivity contribution < 1.29 is 33.4 Å². The molecule has 0 saturated heterocycles. The number of ether oxygens (including phenoxy) is 1. The van der Waals surface area contributed by atoms with Crippen LogP contribution in [0, 0.1) is 12.7 Å². The molecule has 0 spiro atoms. The molecule has 2 aromatic heterocycles. The summed E-state index contributed by atoms with van der Waals surface area (Å²) in [6.45, 7) is 3.74. The zero-order valence-electron chi connectivity index (χ0n) is 26.6. The highest BCUT2D eigenvalue weighted by atomic mass is 35.5. The Labute approximate surface area is 288 Å². The van der Waals surface area contributed by atoms with Crippen molar-refractivity contribution in [3.8, 4) is 11.4 Å². The lowest BCUT2D eigenvalue weighted by Crippen LogP contribution is -2.45. The second kappa shape index (κ2) is 14.1. The molecule has 14 nitrogen and oxygen atoms in total. The molecule has 0 saturated carbocycles. The molecule has 0 aliphatic carbocycles. The van der Waals surface area contributed by atoms with Crippen molar-refractivity contribution in [3.05, 3.63) is 118 Å². The number of nitrogens with zero attached hydrogens (tertiary/aromatic N) is 7. The van der Waals surface area contributed by atoms with Crippen LogP contribution in [-0.2, 0) is 20.7 Å². The molecule has 0 bridgehead atoms. The lowest BCUT2D eigenvalue weighted by atomic mass is 9.90. The molecule has 50 heavy (non-hydrogen) atoms. The van der Waals surface area contributed by atoms with Gasteiger partial charge in [-0.05, 0) is 96.4 Å². The van der Waals surface area contributed by atoms with E-state index in [4.69, 9.17) is 16.3 Å². The first-order valence-corrected chi connectivity index (χ1v) is 15.6. The van der Waals surface area contributed by atoms with E-state index in [-0.39, 0.29) is 40.7 Å². The van der Waals surface area contributed by atoms with Crippen LogP contribution in [0.25, 0.3) is 17.5 Å². The minimum absolute atomic E-state index is 0.0312. The number of amides is 2. The van der Waals surface area contributed by atoms with Gasteiger partial charge in [-0.1, -0.05) is 23.7 Å². The molecule has 3 heterocycles. The number of esters is 1. The van der Waals surface area contributed by atoms with Crippen molar-refractivity contribution in [2.24, 2.45) is 0 Å². The van der Waals surface area contributed by atoms with Gasteiger partial charge in [-0.25, -0.2) is 18.7 Å². The molecule has 16 heteroatoms. The van der Waals surface area contributed by atoms with Crippen LogP contribution in [0.2, 0.25) is 5.02 Å². The van der Waals surface area contributed by atoms with Crippen LogP contribution in [0.5, 0.6) is 0 Å². The Bertz CT molecular complexity index is 2150. The number of anilines is 1. The largest absolute Gasteiger partial charge is 0.478 e. The number of carboxylic acids is 1. The SMILES string of the molecule is CCOC(=O)c1cc(C)n(-c2cccc3c2CCN(C(=O)C=Cc2c(-n4cnnn4)ccc(Cl)c2F)C3C(=O)Nc2ccc(C(=O)O)cc2)n1. The fourth-order valence-corrected chi connectivity index (χ4v) is 5.90. The monoisotopic (exact) mass is 698 g/mol. The Morgan fingerprint density at radius 2 is 1.88 bits per heavy atom. The zero-order chi connectivity index (χ0) is 35.5. The number of nitrogens with one attached hydrogen (secondary N) is 1. The number of halogens is 2. The summed E-state index contributed by atoms with van der Waals surface area (Å²) in [5.41, 5.74) is 3.08. The van der Waals surface area contributed by atoms with E-state index in [1.54, 1.807) is 42.8 Å². The molecule has 2 N–H and O–H groups in total. The number of carbonyl (C=O) groups excluding carboxylic acids is 3. The van der Waals surface area contributed by atoms with Gasteiger partial charge >= 0.3 is 11.9 Å². The summed E-state index contributed by atoms with van der Waals surface area (Å²) in [6, 6.07) is 14.1. The van der Waals surface area contributed by atoms with Crippen molar-refractivity contribution in [1.29, 1.82) is 0 Å². The maximum absolute atomic E-state index is 15.3. The van der Waals surface area contributed by atoms with Gasteiger partial charge < -0.3 is 20.1 Å². The van der Waals surface area contributed by atoms with E-state index in [1.165, 1.54) is 58.4 Å². The van der Waals surface area contributed by atoms with Gasteiger partial charge in [-0.15, -0.1) is 5.10 Å². The Morgan fingerprint density at radius 1 is 1.10 bits per heavy atom. The number of tetrazole rings is 1. The topological polar surface area (TPSA) is 174 Å². The number of aryl methyl sites for hydroxylation is 1. The summed E-state index contributed by atoms with van der Waals surface area (Å²) in [5, 5.41) is 27.3. The molecule has 6 rings (SSSR count). The van der Waals surface area contributed by atoms with Gasteiger partial charge in [-0.3, -0.25) is 9.59 Å². The normalized spacial score (nSPS) is 14.0. The first-order valence-electron chi connectivity index (χ1n) is 15.3.